The molecule has 0 fully saturated rings. The molecule has 0 radical (unpaired) electrons. The first-order chi connectivity index (χ1) is 9.84. The normalized spacial score (nSPS) is 11.6. The van der Waals surface area contributed by atoms with Gasteiger partial charge in [0.2, 0.25) is 0 Å². The number of hydrogen-bond acceptors (Lipinski definition) is 1. The quantitative estimate of drug-likeness (QED) is 0.344. The van der Waals surface area contributed by atoms with Crippen molar-refractivity contribution in [2.24, 2.45) is 0 Å². The molecule has 0 aromatic heterocycles. The fourth-order valence-corrected chi connectivity index (χ4v) is 2.27. The van der Waals surface area contributed by atoms with Crippen LogP contribution in [-0.2, 0) is 4.74 Å². The monoisotopic (exact) mass is 274 g/mol. The zero-order valence-electron chi connectivity index (χ0n) is 13.2. The molecule has 0 spiro atoms. The first-order valence-corrected chi connectivity index (χ1v) is 8.18. The van der Waals surface area contributed by atoms with Gasteiger partial charge in [-0.15, -0.1) is 0 Å². The zero-order chi connectivity index (χ0) is 14.5. The van der Waals surface area contributed by atoms with Crippen LogP contribution in [-0.4, -0.2) is 6.61 Å². The van der Waals surface area contributed by atoms with Gasteiger partial charge in [-0.05, 0) is 24.5 Å². The molecule has 0 heterocycles. The Morgan fingerprint density at radius 3 is 2.15 bits per heavy atom. The molecule has 0 unspecified atom stereocenters. The van der Waals surface area contributed by atoms with E-state index in [0.29, 0.717) is 0 Å². The number of allylic oxidation sites excluding steroid dienone is 1. The molecule has 0 aliphatic heterocycles. The molecule has 20 heavy (non-hydrogen) atoms. The van der Waals surface area contributed by atoms with E-state index in [1.54, 1.807) is 0 Å². The average Bonchev–Trinajstić information content (AvgIpc) is 2.50. The van der Waals surface area contributed by atoms with E-state index in [0.717, 1.165) is 6.61 Å². The molecular formula is C19H30O. The van der Waals surface area contributed by atoms with Crippen molar-refractivity contribution in [2.75, 3.05) is 6.61 Å². The van der Waals surface area contributed by atoms with Gasteiger partial charge in [0.25, 0.3) is 0 Å². The van der Waals surface area contributed by atoms with Crippen LogP contribution < -0.4 is 0 Å². The fraction of sp³-hybridized carbons (Fsp3) is 0.579. The van der Waals surface area contributed by atoms with E-state index in [2.05, 4.69) is 38.1 Å². The first-order valence-electron chi connectivity index (χ1n) is 8.18. The van der Waals surface area contributed by atoms with Gasteiger partial charge in [-0.2, -0.15) is 0 Å². The summed E-state index contributed by atoms with van der Waals surface area (Å²) in [5.74, 6) is 0. The third-order valence-electron chi connectivity index (χ3n) is 3.60. The Kier molecular flexibility index (Phi) is 9.73. The lowest BCUT2D eigenvalue weighted by Gasteiger charge is -2.04. The first kappa shape index (κ1) is 16.8. The van der Waals surface area contributed by atoms with Crippen LogP contribution in [0.3, 0.4) is 0 Å². The summed E-state index contributed by atoms with van der Waals surface area (Å²) in [5.41, 5.74) is 2.44. The Morgan fingerprint density at radius 1 is 0.900 bits per heavy atom. The van der Waals surface area contributed by atoms with E-state index >= 15 is 0 Å². The van der Waals surface area contributed by atoms with Gasteiger partial charge in [0.1, 0.15) is 0 Å². The zero-order valence-corrected chi connectivity index (χ0v) is 13.2. The summed E-state index contributed by atoms with van der Waals surface area (Å²) in [6.07, 6.45) is 12.7. The van der Waals surface area contributed by atoms with E-state index in [9.17, 15) is 0 Å². The minimum atomic E-state index is 0.846. The highest BCUT2D eigenvalue weighted by atomic mass is 16.5. The molecule has 112 valence electrons. The molecule has 1 aromatic rings. The highest BCUT2D eigenvalue weighted by molar-refractivity contribution is 5.62. The molecule has 0 atom stereocenters. The van der Waals surface area contributed by atoms with Crippen LogP contribution in [0.5, 0.6) is 0 Å². The maximum atomic E-state index is 5.63. The minimum Gasteiger partial charge on any atom is -0.501 e. The summed E-state index contributed by atoms with van der Waals surface area (Å²) in [5, 5.41) is 0. The SMILES string of the molecule is CCCCCCCCCCOC=C(C)c1ccccc1. The van der Waals surface area contributed by atoms with Gasteiger partial charge >= 0.3 is 0 Å². The van der Waals surface area contributed by atoms with Crippen LogP contribution in [0, 0.1) is 0 Å². The van der Waals surface area contributed by atoms with Gasteiger partial charge in [-0.1, -0.05) is 82.2 Å². The van der Waals surface area contributed by atoms with Crippen molar-refractivity contribution in [3.05, 3.63) is 42.2 Å². The molecule has 1 heteroatoms. The van der Waals surface area contributed by atoms with Crippen LogP contribution in [0.1, 0.15) is 70.8 Å². The molecule has 0 aliphatic carbocycles. The van der Waals surface area contributed by atoms with E-state index in [4.69, 9.17) is 4.74 Å². The number of hydrogen-bond donors (Lipinski definition) is 0. The Morgan fingerprint density at radius 2 is 1.50 bits per heavy atom. The van der Waals surface area contributed by atoms with Crippen molar-refractivity contribution in [1.29, 1.82) is 0 Å². The van der Waals surface area contributed by atoms with E-state index in [1.807, 2.05) is 12.3 Å². The van der Waals surface area contributed by atoms with Gasteiger partial charge in [-0.25, -0.2) is 0 Å². The number of rotatable bonds is 11. The molecule has 1 aromatic carbocycles. The molecule has 0 aliphatic rings. The third-order valence-corrected chi connectivity index (χ3v) is 3.60. The molecule has 1 nitrogen and oxygen atoms in total. The van der Waals surface area contributed by atoms with Crippen LogP contribution in [0.15, 0.2) is 36.6 Å². The lowest BCUT2D eigenvalue weighted by atomic mass is 10.1. The second kappa shape index (κ2) is 11.6. The maximum absolute atomic E-state index is 5.63. The van der Waals surface area contributed by atoms with Gasteiger partial charge in [-0.3, -0.25) is 0 Å². The van der Waals surface area contributed by atoms with Gasteiger partial charge in [0.05, 0.1) is 12.9 Å². The van der Waals surface area contributed by atoms with Crippen LogP contribution in [0.25, 0.3) is 5.57 Å². The number of ether oxygens (including phenoxy) is 1. The lowest BCUT2D eigenvalue weighted by molar-refractivity contribution is 0.241. The van der Waals surface area contributed by atoms with E-state index in [-0.39, 0.29) is 0 Å². The van der Waals surface area contributed by atoms with Crippen LogP contribution >= 0.6 is 0 Å². The minimum absolute atomic E-state index is 0.846. The summed E-state index contributed by atoms with van der Waals surface area (Å²) in [6.45, 7) is 5.21. The topological polar surface area (TPSA) is 9.23 Å². The van der Waals surface area contributed by atoms with Crippen molar-refractivity contribution in [3.8, 4) is 0 Å². The number of benzene rings is 1. The Bertz CT molecular complexity index is 353. The largest absolute Gasteiger partial charge is 0.501 e. The third kappa shape index (κ3) is 8.04. The highest BCUT2D eigenvalue weighted by Gasteiger charge is 1.94. The molecule has 0 bridgehead atoms. The predicted molar refractivity (Wildman–Crippen MR) is 88.7 cm³/mol. The van der Waals surface area contributed by atoms with Crippen molar-refractivity contribution in [3.63, 3.8) is 0 Å². The van der Waals surface area contributed by atoms with E-state index in [1.165, 1.54) is 62.5 Å². The summed E-state index contributed by atoms with van der Waals surface area (Å²) in [4.78, 5) is 0. The van der Waals surface area contributed by atoms with Crippen LogP contribution in [0.2, 0.25) is 0 Å². The summed E-state index contributed by atoms with van der Waals surface area (Å²) in [6, 6.07) is 10.4. The fourth-order valence-electron chi connectivity index (χ4n) is 2.27. The molecule has 0 N–H and O–H groups in total. The molecule has 0 amide bonds. The smallest absolute Gasteiger partial charge is 0.0873 e. The lowest BCUT2D eigenvalue weighted by Crippen LogP contribution is -1.89. The van der Waals surface area contributed by atoms with Crippen LogP contribution in [0.4, 0.5) is 0 Å². The Labute approximate surface area is 125 Å². The molecule has 0 saturated carbocycles. The second-order valence-electron chi connectivity index (χ2n) is 5.51. The standard InChI is InChI=1S/C19H30O/c1-3-4-5-6-7-8-9-13-16-20-17-18(2)19-14-11-10-12-15-19/h10-12,14-15,17H,3-9,13,16H2,1-2H3. The van der Waals surface area contributed by atoms with Crippen molar-refractivity contribution in [1.82, 2.24) is 0 Å². The Hall–Kier alpha value is -1.24. The van der Waals surface area contributed by atoms with Gasteiger partial charge in [0.15, 0.2) is 0 Å². The molecule has 1 rings (SSSR count). The van der Waals surface area contributed by atoms with E-state index < -0.39 is 0 Å². The van der Waals surface area contributed by atoms with Crippen molar-refractivity contribution >= 4 is 5.57 Å². The van der Waals surface area contributed by atoms with Gasteiger partial charge < -0.3 is 4.74 Å². The Balaban J connectivity index is 1.99. The maximum Gasteiger partial charge on any atom is 0.0873 e. The van der Waals surface area contributed by atoms with Gasteiger partial charge in [0, 0.05) is 0 Å². The summed E-state index contributed by atoms with van der Waals surface area (Å²) < 4.78 is 5.63. The molecular weight excluding hydrogens is 244 g/mol. The predicted octanol–water partition coefficient (Wildman–Crippen LogP) is 6.20. The summed E-state index contributed by atoms with van der Waals surface area (Å²) in [7, 11) is 0. The summed E-state index contributed by atoms with van der Waals surface area (Å²) >= 11 is 0. The van der Waals surface area contributed by atoms with Crippen molar-refractivity contribution < 1.29 is 4.74 Å². The van der Waals surface area contributed by atoms with Crippen molar-refractivity contribution in [2.45, 2.75) is 65.2 Å². The average molecular weight is 274 g/mol. The second-order valence-corrected chi connectivity index (χ2v) is 5.51. The molecule has 0 saturated heterocycles. The highest BCUT2D eigenvalue weighted by Crippen LogP contribution is 2.13. The number of unbranched alkanes of at least 4 members (excludes halogenated alkanes) is 7.